The highest BCUT2D eigenvalue weighted by Gasteiger charge is 2.35. The van der Waals surface area contributed by atoms with Gasteiger partial charge in [-0.2, -0.15) is 0 Å². The zero-order chi connectivity index (χ0) is 14.5. The Labute approximate surface area is 122 Å². The zero-order valence-electron chi connectivity index (χ0n) is 10.9. The Morgan fingerprint density at radius 1 is 1.25 bits per heavy atom. The van der Waals surface area contributed by atoms with Crippen molar-refractivity contribution in [3.05, 3.63) is 47.0 Å². The van der Waals surface area contributed by atoms with Gasteiger partial charge in [0, 0.05) is 11.6 Å². The Balaban J connectivity index is 2.00. The quantitative estimate of drug-likeness (QED) is 0.896. The number of aliphatic carboxylic acids is 1. The fourth-order valence-corrected chi connectivity index (χ4v) is 2.57. The largest absolute Gasteiger partial charge is 0.481 e. The molecule has 20 heavy (non-hydrogen) atoms. The lowest BCUT2D eigenvalue weighted by Gasteiger charge is -2.25. The number of amides is 1. The molecule has 0 aliphatic heterocycles. The molecule has 2 rings (SSSR count). The summed E-state index contributed by atoms with van der Waals surface area (Å²) >= 11 is 5.93. The number of hydrogen-bond donors (Lipinski definition) is 2. The van der Waals surface area contributed by atoms with E-state index in [1.54, 1.807) is 6.08 Å². The van der Waals surface area contributed by atoms with E-state index in [1.165, 1.54) is 0 Å². The van der Waals surface area contributed by atoms with Crippen LogP contribution in [0.2, 0.25) is 0 Å². The maximum absolute atomic E-state index is 12.2. The van der Waals surface area contributed by atoms with Gasteiger partial charge < -0.3 is 10.4 Å². The SMILES string of the molecule is O=C(O)[C@H]1CC=C(Cl)C[C@H]1C(=O)NCc1ccccc1. The topological polar surface area (TPSA) is 66.4 Å². The van der Waals surface area contributed by atoms with Crippen LogP contribution in [0.5, 0.6) is 0 Å². The van der Waals surface area contributed by atoms with Crippen LogP contribution in [-0.2, 0) is 16.1 Å². The molecular formula is C15H16ClNO3. The molecule has 1 aromatic carbocycles. The van der Waals surface area contributed by atoms with E-state index in [-0.39, 0.29) is 5.91 Å². The van der Waals surface area contributed by atoms with Crippen LogP contribution in [0.3, 0.4) is 0 Å². The van der Waals surface area contributed by atoms with Crippen molar-refractivity contribution in [3.63, 3.8) is 0 Å². The van der Waals surface area contributed by atoms with Gasteiger partial charge in [0.2, 0.25) is 5.91 Å². The summed E-state index contributed by atoms with van der Waals surface area (Å²) in [5, 5.41) is 12.5. The van der Waals surface area contributed by atoms with Crippen LogP contribution in [0, 0.1) is 11.8 Å². The first kappa shape index (κ1) is 14.6. The number of carboxylic acids is 1. The molecule has 0 spiro atoms. The first-order valence-electron chi connectivity index (χ1n) is 6.47. The molecule has 0 saturated heterocycles. The molecule has 0 aromatic heterocycles. The normalized spacial score (nSPS) is 21.9. The van der Waals surface area contributed by atoms with Crippen LogP contribution in [0.25, 0.3) is 0 Å². The molecule has 5 heteroatoms. The number of nitrogens with one attached hydrogen (secondary N) is 1. The van der Waals surface area contributed by atoms with Crippen molar-refractivity contribution in [1.82, 2.24) is 5.32 Å². The van der Waals surface area contributed by atoms with Gasteiger partial charge in [-0.15, -0.1) is 0 Å². The second kappa shape index (κ2) is 6.57. The molecule has 1 aromatic rings. The van der Waals surface area contributed by atoms with E-state index in [9.17, 15) is 14.7 Å². The van der Waals surface area contributed by atoms with Gasteiger partial charge in [0.25, 0.3) is 0 Å². The zero-order valence-corrected chi connectivity index (χ0v) is 11.6. The monoisotopic (exact) mass is 293 g/mol. The average molecular weight is 294 g/mol. The van der Waals surface area contributed by atoms with E-state index in [2.05, 4.69) is 5.32 Å². The molecular weight excluding hydrogens is 278 g/mol. The fraction of sp³-hybridized carbons (Fsp3) is 0.333. The third kappa shape index (κ3) is 3.61. The summed E-state index contributed by atoms with van der Waals surface area (Å²) in [6.45, 7) is 0.393. The number of benzene rings is 1. The summed E-state index contributed by atoms with van der Waals surface area (Å²) < 4.78 is 0. The predicted molar refractivity (Wildman–Crippen MR) is 76.1 cm³/mol. The van der Waals surface area contributed by atoms with E-state index in [4.69, 9.17) is 11.6 Å². The molecule has 0 bridgehead atoms. The lowest BCUT2D eigenvalue weighted by atomic mass is 9.82. The highest BCUT2D eigenvalue weighted by Crippen LogP contribution is 2.32. The predicted octanol–water partition coefficient (Wildman–Crippen LogP) is 2.54. The van der Waals surface area contributed by atoms with Crippen molar-refractivity contribution in [2.24, 2.45) is 11.8 Å². The molecule has 1 aliphatic rings. The molecule has 0 heterocycles. The second-order valence-corrected chi connectivity index (χ2v) is 5.33. The summed E-state index contributed by atoms with van der Waals surface area (Å²) in [4.78, 5) is 23.4. The minimum atomic E-state index is -0.953. The van der Waals surface area contributed by atoms with Crippen LogP contribution < -0.4 is 5.32 Å². The van der Waals surface area contributed by atoms with Gasteiger partial charge in [-0.3, -0.25) is 9.59 Å². The van der Waals surface area contributed by atoms with Gasteiger partial charge in [0.15, 0.2) is 0 Å². The maximum Gasteiger partial charge on any atom is 0.307 e. The molecule has 0 radical (unpaired) electrons. The van der Waals surface area contributed by atoms with E-state index in [1.807, 2.05) is 30.3 Å². The summed E-state index contributed by atoms with van der Waals surface area (Å²) in [5.41, 5.74) is 0.977. The number of rotatable bonds is 4. The molecule has 0 unspecified atom stereocenters. The van der Waals surface area contributed by atoms with Gasteiger partial charge in [-0.05, 0) is 18.4 Å². The number of halogens is 1. The Kier molecular flexibility index (Phi) is 4.79. The molecule has 2 N–H and O–H groups in total. The Bertz CT molecular complexity index is 527. The number of allylic oxidation sites excluding steroid dienone is 2. The Hall–Kier alpha value is -1.81. The van der Waals surface area contributed by atoms with Crippen molar-refractivity contribution >= 4 is 23.5 Å². The minimum Gasteiger partial charge on any atom is -0.481 e. The standard InChI is InChI=1S/C15H16ClNO3/c16-11-6-7-12(15(19)20)13(8-11)14(18)17-9-10-4-2-1-3-5-10/h1-6,12-13H,7-9H2,(H,17,18)(H,19,20)/t12-,13+/m0/s1. The van der Waals surface area contributed by atoms with Crippen molar-refractivity contribution < 1.29 is 14.7 Å². The van der Waals surface area contributed by atoms with Crippen LogP contribution in [0.15, 0.2) is 41.4 Å². The van der Waals surface area contributed by atoms with E-state index >= 15 is 0 Å². The van der Waals surface area contributed by atoms with Crippen LogP contribution >= 0.6 is 11.6 Å². The maximum atomic E-state index is 12.2. The van der Waals surface area contributed by atoms with Crippen LogP contribution in [-0.4, -0.2) is 17.0 Å². The van der Waals surface area contributed by atoms with Gasteiger partial charge >= 0.3 is 5.97 Å². The van der Waals surface area contributed by atoms with Gasteiger partial charge in [0.05, 0.1) is 11.8 Å². The average Bonchev–Trinajstić information content (AvgIpc) is 2.45. The first-order valence-corrected chi connectivity index (χ1v) is 6.84. The highest BCUT2D eigenvalue weighted by atomic mass is 35.5. The number of carbonyl (C=O) groups excluding carboxylic acids is 1. The highest BCUT2D eigenvalue weighted by molar-refractivity contribution is 6.29. The van der Waals surface area contributed by atoms with Crippen LogP contribution in [0.1, 0.15) is 18.4 Å². The number of carboxylic acid groups (broad SMARTS) is 1. The summed E-state index contributed by atoms with van der Waals surface area (Å²) in [6.07, 6.45) is 2.28. The molecule has 2 atom stereocenters. The molecule has 0 fully saturated rings. The molecule has 1 amide bonds. The lowest BCUT2D eigenvalue weighted by molar-refractivity contribution is -0.147. The molecule has 4 nitrogen and oxygen atoms in total. The number of hydrogen-bond acceptors (Lipinski definition) is 2. The van der Waals surface area contributed by atoms with E-state index in [0.29, 0.717) is 24.4 Å². The van der Waals surface area contributed by atoms with Crippen molar-refractivity contribution in [2.75, 3.05) is 0 Å². The lowest BCUT2D eigenvalue weighted by Crippen LogP contribution is -2.39. The number of carbonyl (C=O) groups is 2. The smallest absolute Gasteiger partial charge is 0.307 e. The summed E-state index contributed by atoms with van der Waals surface area (Å²) in [5.74, 6) is -2.51. The summed E-state index contributed by atoms with van der Waals surface area (Å²) in [6, 6.07) is 9.49. The molecule has 1 aliphatic carbocycles. The van der Waals surface area contributed by atoms with Gasteiger partial charge in [0.1, 0.15) is 0 Å². The fourth-order valence-electron chi connectivity index (χ4n) is 2.32. The Morgan fingerprint density at radius 3 is 2.60 bits per heavy atom. The third-order valence-corrected chi connectivity index (χ3v) is 3.77. The van der Waals surface area contributed by atoms with E-state index in [0.717, 1.165) is 5.56 Å². The van der Waals surface area contributed by atoms with Gasteiger partial charge in [-0.1, -0.05) is 48.0 Å². The second-order valence-electron chi connectivity index (χ2n) is 4.85. The van der Waals surface area contributed by atoms with Crippen molar-refractivity contribution in [3.8, 4) is 0 Å². The van der Waals surface area contributed by atoms with Crippen molar-refractivity contribution in [2.45, 2.75) is 19.4 Å². The van der Waals surface area contributed by atoms with Crippen molar-refractivity contribution in [1.29, 1.82) is 0 Å². The van der Waals surface area contributed by atoms with E-state index < -0.39 is 17.8 Å². The summed E-state index contributed by atoms with van der Waals surface area (Å²) in [7, 11) is 0. The van der Waals surface area contributed by atoms with Gasteiger partial charge in [-0.25, -0.2) is 0 Å². The Morgan fingerprint density at radius 2 is 1.95 bits per heavy atom. The minimum absolute atomic E-state index is 0.257. The third-order valence-electron chi connectivity index (χ3n) is 3.46. The van der Waals surface area contributed by atoms with Crippen LogP contribution in [0.4, 0.5) is 0 Å². The molecule has 106 valence electrons. The molecule has 0 saturated carbocycles. The first-order chi connectivity index (χ1) is 9.58.